The van der Waals surface area contributed by atoms with E-state index in [0.717, 1.165) is 39.1 Å². The highest BCUT2D eigenvalue weighted by Gasteiger charge is 2.17. The number of para-hydroxylation sites is 1. The fraction of sp³-hybridized carbons (Fsp3) is 0.571. The van der Waals surface area contributed by atoms with E-state index in [-0.39, 0.29) is 6.10 Å². The van der Waals surface area contributed by atoms with E-state index in [2.05, 4.69) is 34.1 Å². The van der Waals surface area contributed by atoms with Crippen LogP contribution in [0.15, 0.2) is 30.3 Å². The second-order valence-corrected chi connectivity index (χ2v) is 4.84. The summed E-state index contributed by atoms with van der Waals surface area (Å²) in [6, 6.07) is 10.5. The summed E-state index contributed by atoms with van der Waals surface area (Å²) in [5.41, 5.74) is 6.71. The molecule has 1 aliphatic rings. The molecular weight excluding hydrogens is 226 g/mol. The maximum atomic E-state index is 9.46. The molecule has 1 aliphatic heterocycles. The van der Waals surface area contributed by atoms with Gasteiger partial charge in [-0.25, -0.2) is 0 Å². The number of hydrogen-bond donors (Lipinski definition) is 2. The van der Waals surface area contributed by atoms with Gasteiger partial charge in [-0.05, 0) is 18.6 Å². The van der Waals surface area contributed by atoms with Crippen LogP contribution in [-0.2, 0) is 0 Å². The van der Waals surface area contributed by atoms with Gasteiger partial charge < -0.3 is 15.7 Å². The molecule has 0 spiro atoms. The Labute approximate surface area is 109 Å². The summed E-state index contributed by atoms with van der Waals surface area (Å²) in [5.74, 6) is 0. The van der Waals surface area contributed by atoms with E-state index in [1.54, 1.807) is 0 Å². The minimum absolute atomic E-state index is 0.350. The van der Waals surface area contributed by atoms with E-state index < -0.39 is 0 Å². The van der Waals surface area contributed by atoms with Crippen LogP contribution in [0.1, 0.15) is 6.42 Å². The highest BCUT2D eigenvalue weighted by molar-refractivity contribution is 5.46. The van der Waals surface area contributed by atoms with Crippen molar-refractivity contribution < 1.29 is 5.11 Å². The number of piperazine rings is 1. The van der Waals surface area contributed by atoms with Crippen molar-refractivity contribution in [3.63, 3.8) is 0 Å². The van der Waals surface area contributed by atoms with Crippen molar-refractivity contribution >= 4 is 5.69 Å². The maximum Gasteiger partial charge on any atom is 0.0674 e. The first kappa shape index (κ1) is 13.3. The summed E-state index contributed by atoms with van der Waals surface area (Å²) in [6.07, 6.45) is 0.430. The van der Waals surface area contributed by atoms with Gasteiger partial charge in [0.05, 0.1) is 6.10 Å². The molecule has 0 aliphatic carbocycles. The molecule has 0 aromatic heterocycles. The Hall–Kier alpha value is -1.10. The van der Waals surface area contributed by atoms with Crippen LogP contribution in [0.25, 0.3) is 0 Å². The van der Waals surface area contributed by atoms with Gasteiger partial charge >= 0.3 is 0 Å². The van der Waals surface area contributed by atoms with Crippen molar-refractivity contribution in [2.24, 2.45) is 5.73 Å². The number of aliphatic hydroxyl groups is 1. The van der Waals surface area contributed by atoms with Gasteiger partial charge in [-0.2, -0.15) is 0 Å². The van der Waals surface area contributed by atoms with E-state index >= 15 is 0 Å². The smallest absolute Gasteiger partial charge is 0.0674 e. The van der Waals surface area contributed by atoms with E-state index in [0.29, 0.717) is 6.54 Å². The SMILES string of the molecule is NCC(O)CCN1CCN(c2ccccc2)CC1. The van der Waals surface area contributed by atoms with Crippen LogP contribution in [0, 0.1) is 0 Å². The second-order valence-electron chi connectivity index (χ2n) is 4.84. The van der Waals surface area contributed by atoms with Crippen molar-refractivity contribution in [1.29, 1.82) is 0 Å². The number of anilines is 1. The van der Waals surface area contributed by atoms with Gasteiger partial charge in [0.2, 0.25) is 0 Å². The minimum Gasteiger partial charge on any atom is -0.392 e. The lowest BCUT2D eigenvalue weighted by Crippen LogP contribution is -2.47. The Kier molecular flexibility index (Phi) is 4.99. The first-order valence-corrected chi connectivity index (χ1v) is 6.70. The van der Waals surface area contributed by atoms with Crippen LogP contribution >= 0.6 is 0 Å². The molecule has 0 saturated carbocycles. The molecule has 1 aromatic carbocycles. The van der Waals surface area contributed by atoms with Crippen LogP contribution in [0.2, 0.25) is 0 Å². The van der Waals surface area contributed by atoms with Crippen LogP contribution in [0.4, 0.5) is 5.69 Å². The van der Waals surface area contributed by atoms with E-state index in [4.69, 9.17) is 5.73 Å². The van der Waals surface area contributed by atoms with Gasteiger partial charge in [-0.3, -0.25) is 4.90 Å². The largest absolute Gasteiger partial charge is 0.392 e. The lowest BCUT2D eigenvalue weighted by Gasteiger charge is -2.36. The molecule has 0 amide bonds. The van der Waals surface area contributed by atoms with E-state index in [1.807, 2.05) is 6.07 Å². The lowest BCUT2D eigenvalue weighted by molar-refractivity contribution is 0.144. The minimum atomic E-state index is -0.350. The molecule has 3 N–H and O–H groups in total. The monoisotopic (exact) mass is 249 g/mol. The lowest BCUT2D eigenvalue weighted by atomic mass is 10.2. The summed E-state index contributed by atoms with van der Waals surface area (Å²) >= 11 is 0. The molecular formula is C14H23N3O. The van der Waals surface area contributed by atoms with Gasteiger partial charge in [-0.15, -0.1) is 0 Å². The zero-order chi connectivity index (χ0) is 12.8. The highest BCUT2D eigenvalue weighted by Crippen LogP contribution is 2.15. The average Bonchev–Trinajstić information content (AvgIpc) is 2.46. The number of hydrogen-bond acceptors (Lipinski definition) is 4. The number of nitrogens with zero attached hydrogens (tertiary/aromatic N) is 2. The van der Waals surface area contributed by atoms with Gasteiger partial charge in [0, 0.05) is 45.0 Å². The summed E-state index contributed by atoms with van der Waals surface area (Å²) in [6.45, 7) is 5.55. The zero-order valence-corrected chi connectivity index (χ0v) is 10.8. The fourth-order valence-corrected chi connectivity index (χ4v) is 2.32. The van der Waals surface area contributed by atoms with Crippen molar-refractivity contribution in [3.05, 3.63) is 30.3 Å². The molecule has 100 valence electrons. The van der Waals surface area contributed by atoms with Crippen molar-refractivity contribution in [1.82, 2.24) is 4.90 Å². The molecule has 1 atom stereocenters. The van der Waals surface area contributed by atoms with Crippen LogP contribution < -0.4 is 10.6 Å². The summed E-state index contributed by atoms with van der Waals surface area (Å²) in [5, 5.41) is 9.46. The van der Waals surface area contributed by atoms with Crippen molar-refractivity contribution in [2.75, 3.05) is 44.2 Å². The normalized spacial score (nSPS) is 18.9. The topological polar surface area (TPSA) is 52.7 Å². The van der Waals surface area contributed by atoms with Crippen LogP contribution in [0.3, 0.4) is 0 Å². The summed E-state index contributed by atoms with van der Waals surface area (Å²) < 4.78 is 0. The average molecular weight is 249 g/mol. The first-order valence-electron chi connectivity index (χ1n) is 6.70. The summed E-state index contributed by atoms with van der Waals surface area (Å²) in [4.78, 5) is 4.81. The van der Waals surface area contributed by atoms with Gasteiger partial charge in [0.25, 0.3) is 0 Å². The molecule has 4 heteroatoms. The number of aliphatic hydroxyl groups excluding tert-OH is 1. The van der Waals surface area contributed by atoms with Gasteiger partial charge in [-0.1, -0.05) is 18.2 Å². The number of benzene rings is 1. The molecule has 0 radical (unpaired) electrons. The highest BCUT2D eigenvalue weighted by atomic mass is 16.3. The quantitative estimate of drug-likeness (QED) is 0.799. The van der Waals surface area contributed by atoms with Crippen molar-refractivity contribution in [2.45, 2.75) is 12.5 Å². The molecule has 1 unspecified atom stereocenters. The Bertz CT molecular complexity index is 336. The van der Waals surface area contributed by atoms with Gasteiger partial charge in [0.1, 0.15) is 0 Å². The van der Waals surface area contributed by atoms with E-state index in [9.17, 15) is 5.11 Å². The Morgan fingerprint density at radius 1 is 1.11 bits per heavy atom. The predicted molar refractivity (Wildman–Crippen MR) is 74.8 cm³/mol. The number of nitrogens with two attached hydrogens (primary N) is 1. The molecule has 1 aromatic rings. The Morgan fingerprint density at radius 3 is 2.39 bits per heavy atom. The fourth-order valence-electron chi connectivity index (χ4n) is 2.32. The van der Waals surface area contributed by atoms with Crippen molar-refractivity contribution in [3.8, 4) is 0 Å². The molecule has 2 rings (SSSR count). The third-order valence-corrected chi connectivity index (χ3v) is 3.54. The van der Waals surface area contributed by atoms with Gasteiger partial charge in [0.15, 0.2) is 0 Å². The summed E-state index contributed by atoms with van der Waals surface area (Å²) in [7, 11) is 0. The first-order chi connectivity index (χ1) is 8.79. The Balaban J connectivity index is 1.75. The third kappa shape index (κ3) is 3.70. The molecule has 1 saturated heterocycles. The second kappa shape index (κ2) is 6.73. The molecule has 0 bridgehead atoms. The molecule has 4 nitrogen and oxygen atoms in total. The molecule has 18 heavy (non-hydrogen) atoms. The van der Waals surface area contributed by atoms with E-state index in [1.165, 1.54) is 5.69 Å². The Morgan fingerprint density at radius 2 is 1.78 bits per heavy atom. The number of rotatable bonds is 5. The molecule has 1 heterocycles. The predicted octanol–water partition coefficient (Wildman–Crippen LogP) is 0.518. The van der Waals surface area contributed by atoms with Crippen LogP contribution in [-0.4, -0.2) is 55.4 Å². The molecule has 1 fully saturated rings. The maximum absolute atomic E-state index is 9.46. The third-order valence-electron chi connectivity index (χ3n) is 3.54. The standard InChI is InChI=1S/C14H23N3O/c15-12-14(18)6-7-16-8-10-17(11-9-16)13-4-2-1-3-5-13/h1-5,14,18H,6-12,15H2. The van der Waals surface area contributed by atoms with Crippen LogP contribution in [0.5, 0.6) is 0 Å². The zero-order valence-electron chi connectivity index (χ0n) is 10.8.